The second-order valence-corrected chi connectivity index (χ2v) is 4.13. The van der Waals surface area contributed by atoms with Crippen molar-refractivity contribution in [2.24, 2.45) is 11.7 Å². The number of benzene rings is 1. The van der Waals surface area contributed by atoms with E-state index in [-0.39, 0.29) is 0 Å². The molecule has 1 aromatic rings. The molecule has 2 N–H and O–H groups in total. The Hall–Kier alpha value is -0.820. The number of rotatable bonds is 2. The zero-order valence-corrected chi connectivity index (χ0v) is 9.88. The molecular weight excluding hydrogens is 170 g/mol. The fourth-order valence-electron chi connectivity index (χ4n) is 0.970. The van der Waals surface area contributed by atoms with Gasteiger partial charge in [0.25, 0.3) is 0 Å². The van der Waals surface area contributed by atoms with Gasteiger partial charge in [-0.1, -0.05) is 49.2 Å². The molecule has 0 amide bonds. The first-order chi connectivity index (χ1) is 6.56. The van der Waals surface area contributed by atoms with E-state index in [0.717, 1.165) is 18.9 Å². The van der Waals surface area contributed by atoms with Gasteiger partial charge in [0.1, 0.15) is 0 Å². The fraction of sp³-hybridized carbons (Fsp3) is 0.538. The van der Waals surface area contributed by atoms with Crippen molar-refractivity contribution >= 4 is 0 Å². The summed E-state index contributed by atoms with van der Waals surface area (Å²) in [5.41, 5.74) is 7.89. The van der Waals surface area contributed by atoms with Gasteiger partial charge in [-0.25, -0.2) is 0 Å². The van der Waals surface area contributed by atoms with Gasteiger partial charge in [0.05, 0.1) is 0 Å². The lowest BCUT2D eigenvalue weighted by Crippen LogP contribution is -2.01. The van der Waals surface area contributed by atoms with Gasteiger partial charge >= 0.3 is 0 Å². The minimum atomic E-state index is 0.773. The van der Waals surface area contributed by atoms with Crippen molar-refractivity contribution < 1.29 is 0 Å². The van der Waals surface area contributed by atoms with Crippen LogP contribution in [0.4, 0.5) is 0 Å². The lowest BCUT2D eigenvalue weighted by Gasteiger charge is -1.96. The number of hydrogen-bond acceptors (Lipinski definition) is 1. The van der Waals surface area contributed by atoms with Gasteiger partial charge in [0.15, 0.2) is 0 Å². The predicted octanol–water partition coefficient (Wildman–Crippen LogP) is 3.29. The first-order valence-corrected chi connectivity index (χ1v) is 5.29. The highest BCUT2D eigenvalue weighted by Gasteiger charge is 1.85. The summed E-state index contributed by atoms with van der Waals surface area (Å²) in [7, 11) is 0. The van der Waals surface area contributed by atoms with Gasteiger partial charge in [-0.15, -0.1) is 0 Å². The topological polar surface area (TPSA) is 26.0 Å². The molecule has 1 aromatic carbocycles. The molecule has 0 saturated carbocycles. The maximum atomic E-state index is 5.23. The highest BCUT2D eigenvalue weighted by Crippen LogP contribution is 1.99. The van der Waals surface area contributed by atoms with Crippen molar-refractivity contribution in [3.63, 3.8) is 0 Å². The van der Waals surface area contributed by atoms with Gasteiger partial charge in [0, 0.05) is 0 Å². The average Bonchev–Trinajstić information content (AvgIpc) is 2.11. The van der Waals surface area contributed by atoms with E-state index in [1.807, 2.05) is 0 Å². The molecule has 0 atom stereocenters. The van der Waals surface area contributed by atoms with Crippen LogP contribution in [0.3, 0.4) is 0 Å². The molecule has 14 heavy (non-hydrogen) atoms. The van der Waals surface area contributed by atoms with Crippen LogP contribution >= 0.6 is 0 Å². The Bertz CT molecular complexity index is 202. The second kappa shape index (κ2) is 7.57. The summed E-state index contributed by atoms with van der Waals surface area (Å²) in [5, 5.41) is 0. The Labute approximate surface area is 88.3 Å². The third-order valence-electron chi connectivity index (χ3n) is 1.96. The summed E-state index contributed by atoms with van der Waals surface area (Å²) in [6.45, 7) is 9.37. The maximum absolute atomic E-state index is 5.23. The molecule has 1 heteroatoms. The van der Waals surface area contributed by atoms with E-state index in [1.165, 1.54) is 11.1 Å². The average molecular weight is 193 g/mol. The standard InChI is InChI=1S/C8H10.C5H13N/c1-7-3-5-8(2)6-4-7;1-5(2)3-4-6/h3-6H,1-2H3;5H,3-4,6H2,1-2H3. The molecule has 0 bridgehead atoms. The molecule has 0 aliphatic heterocycles. The molecule has 1 rings (SSSR count). The van der Waals surface area contributed by atoms with E-state index >= 15 is 0 Å². The SMILES string of the molecule is CC(C)CCN.Cc1ccc(C)cc1. The molecule has 0 saturated heterocycles. The van der Waals surface area contributed by atoms with Gasteiger partial charge < -0.3 is 5.73 Å². The molecule has 0 aromatic heterocycles. The minimum Gasteiger partial charge on any atom is -0.330 e. The van der Waals surface area contributed by atoms with Crippen LogP contribution in [0.1, 0.15) is 31.4 Å². The Morgan fingerprint density at radius 1 is 1.00 bits per heavy atom. The van der Waals surface area contributed by atoms with E-state index in [2.05, 4.69) is 52.0 Å². The smallest absolute Gasteiger partial charge is 0.00748 e. The fourth-order valence-corrected chi connectivity index (χ4v) is 0.970. The molecule has 0 aliphatic rings. The van der Waals surface area contributed by atoms with Gasteiger partial charge in [0.2, 0.25) is 0 Å². The largest absolute Gasteiger partial charge is 0.330 e. The highest BCUT2D eigenvalue weighted by molar-refractivity contribution is 5.19. The molecule has 0 heterocycles. The summed E-state index contributed by atoms with van der Waals surface area (Å²) < 4.78 is 0. The van der Waals surface area contributed by atoms with E-state index in [1.54, 1.807) is 0 Å². The molecule has 80 valence electrons. The van der Waals surface area contributed by atoms with Crippen molar-refractivity contribution in [3.05, 3.63) is 35.4 Å². The molecule has 0 fully saturated rings. The lowest BCUT2D eigenvalue weighted by atomic mass is 10.1. The Kier molecular flexibility index (Phi) is 7.13. The van der Waals surface area contributed by atoms with Crippen LogP contribution < -0.4 is 5.73 Å². The highest BCUT2D eigenvalue weighted by atomic mass is 14.5. The van der Waals surface area contributed by atoms with Crippen LogP contribution in [0.2, 0.25) is 0 Å². The van der Waals surface area contributed by atoms with E-state index in [9.17, 15) is 0 Å². The second-order valence-electron chi connectivity index (χ2n) is 4.13. The van der Waals surface area contributed by atoms with Crippen LogP contribution in [0.15, 0.2) is 24.3 Å². The van der Waals surface area contributed by atoms with E-state index in [4.69, 9.17) is 5.73 Å². The van der Waals surface area contributed by atoms with Gasteiger partial charge in [-0.2, -0.15) is 0 Å². The number of aryl methyl sites for hydroxylation is 2. The molecule has 0 unspecified atom stereocenters. The first-order valence-electron chi connectivity index (χ1n) is 5.29. The zero-order valence-electron chi connectivity index (χ0n) is 9.88. The summed E-state index contributed by atoms with van der Waals surface area (Å²) in [6, 6.07) is 8.48. The quantitative estimate of drug-likeness (QED) is 0.766. The predicted molar refractivity (Wildman–Crippen MR) is 64.4 cm³/mol. The maximum Gasteiger partial charge on any atom is -0.00748 e. The normalized spacial score (nSPS) is 9.57. The van der Waals surface area contributed by atoms with Crippen molar-refractivity contribution in [2.45, 2.75) is 34.1 Å². The Morgan fingerprint density at radius 2 is 1.36 bits per heavy atom. The van der Waals surface area contributed by atoms with Crippen LogP contribution in [-0.2, 0) is 0 Å². The summed E-state index contributed by atoms with van der Waals surface area (Å²) in [4.78, 5) is 0. The molecule has 0 spiro atoms. The van der Waals surface area contributed by atoms with E-state index < -0.39 is 0 Å². The summed E-state index contributed by atoms with van der Waals surface area (Å²) in [5.74, 6) is 0.773. The van der Waals surface area contributed by atoms with Crippen molar-refractivity contribution in [3.8, 4) is 0 Å². The monoisotopic (exact) mass is 193 g/mol. The minimum absolute atomic E-state index is 0.773. The first kappa shape index (κ1) is 13.2. The van der Waals surface area contributed by atoms with Gasteiger partial charge in [-0.05, 0) is 32.7 Å². The molecular formula is C13H23N. The molecule has 1 nitrogen and oxygen atoms in total. The Balaban J connectivity index is 0.000000255. The van der Waals surface area contributed by atoms with Crippen LogP contribution in [0.5, 0.6) is 0 Å². The van der Waals surface area contributed by atoms with Crippen molar-refractivity contribution in [1.29, 1.82) is 0 Å². The van der Waals surface area contributed by atoms with Crippen LogP contribution in [0, 0.1) is 19.8 Å². The lowest BCUT2D eigenvalue weighted by molar-refractivity contribution is 0.596. The summed E-state index contributed by atoms with van der Waals surface area (Å²) >= 11 is 0. The Morgan fingerprint density at radius 3 is 1.50 bits per heavy atom. The van der Waals surface area contributed by atoms with E-state index in [0.29, 0.717) is 0 Å². The number of nitrogens with two attached hydrogens (primary N) is 1. The molecule has 0 radical (unpaired) electrons. The zero-order chi connectivity index (χ0) is 11.0. The van der Waals surface area contributed by atoms with Gasteiger partial charge in [-0.3, -0.25) is 0 Å². The third-order valence-corrected chi connectivity index (χ3v) is 1.96. The van der Waals surface area contributed by atoms with Crippen LogP contribution in [0.25, 0.3) is 0 Å². The van der Waals surface area contributed by atoms with Crippen LogP contribution in [-0.4, -0.2) is 6.54 Å². The molecule has 0 aliphatic carbocycles. The van der Waals surface area contributed by atoms with Crippen molar-refractivity contribution in [1.82, 2.24) is 0 Å². The summed E-state index contributed by atoms with van der Waals surface area (Å²) in [6.07, 6.45) is 1.15. The van der Waals surface area contributed by atoms with Crippen molar-refractivity contribution in [2.75, 3.05) is 6.54 Å². The third kappa shape index (κ3) is 7.81. The number of hydrogen-bond donors (Lipinski definition) is 1.